The fourth-order valence-corrected chi connectivity index (χ4v) is 3.96. The van der Waals surface area contributed by atoms with E-state index in [2.05, 4.69) is 26.5 Å². The van der Waals surface area contributed by atoms with Gasteiger partial charge in [-0.2, -0.15) is 0 Å². The summed E-state index contributed by atoms with van der Waals surface area (Å²) in [5.74, 6) is 0.0501. The van der Waals surface area contributed by atoms with Crippen LogP contribution in [0.5, 0.6) is 0 Å². The van der Waals surface area contributed by atoms with Crippen LogP contribution in [0.4, 0.5) is 11.6 Å². The van der Waals surface area contributed by atoms with Crippen LogP contribution in [0.25, 0.3) is 11.3 Å². The van der Waals surface area contributed by atoms with Crippen molar-refractivity contribution in [1.29, 1.82) is 0 Å². The van der Waals surface area contributed by atoms with Crippen molar-refractivity contribution in [2.24, 2.45) is 0 Å². The van der Waals surface area contributed by atoms with Gasteiger partial charge < -0.3 is 10.7 Å². The zero-order valence-corrected chi connectivity index (χ0v) is 19.6. The number of aromatic nitrogens is 2. The van der Waals surface area contributed by atoms with Gasteiger partial charge in [0.25, 0.3) is 5.91 Å². The Hall–Kier alpha value is -4.69. The topological polar surface area (TPSA) is 100 Å². The third-order valence-corrected chi connectivity index (χ3v) is 5.80. The standard InChI is InChI=1S/C28H26N6O2/c35-26(31-23-10-3-1-4-11-23)15-14-24-19-34(25-12-5-2-6-13-25)28(32-24)33-27(36)21-9-7-8-20(16-21)22-17-29-30-18-22/h1-13,16-17,19,29-30H,14-15,18H2,(H,31,35)(H,32,33,36). The van der Waals surface area contributed by atoms with Gasteiger partial charge in [-0.15, -0.1) is 0 Å². The summed E-state index contributed by atoms with van der Waals surface area (Å²) in [7, 11) is 0. The lowest BCUT2D eigenvalue weighted by Crippen LogP contribution is -2.20. The largest absolute Gasteiger partial charge is 0.328 e. The number of benzene rings is 3. The van der Waals surface area contributed by atoms with Crippen LogP contribution in [0.3, 0.4) is 0 Å². The molecular formula is C28H26N6O2. The first-order valence-electron chi connectivity index (χ1n) is 11.7. The Morgan fingerprint density at radius 3 is 2.44 bits per heavy atom. The van der Waals surface area contributed by atoms with Gasteiger partial charge in [-0.1, -0.05) is 48.5 Å². The van der Waals surface area contributed by atoms with Crippen molar-refractivity contribution in [3.05, 3.63) is 114 Å². The van der Waals surface area contributed by atoms with Crippen LogP contribution in [0.2, 0.25) is 0 Å². The number of aryl methyl sites for hydroxylation is 1. The molecule has 0 unspecified atom stereocenters. The van der Waals surface area contributed by atoms with Crippen molar-refractivity contribution < 1.29 is 9.59 Å². The van der Waals surface area contributed by atoms with Crippen LogP contribution in [0, 0.1) is 0 Å². The van der Waals surface area contributed by atoms with Crippen molar-refractivity contribution in [3.8, 4) is 5.69 Å². The molecule has 1 aliphatic heterocycles. The third-order valence-electron chi connectivity index (χ3n) is 5.80. The molecule has 0 atom stereocenters. The Kier molecular flexibility index (Phi) is 6.86. The summed E-state index contributed by atoms with van der Waals surface area (Å²) in [4.78, 5) is 30.2. The molecule has 0 saturated heterocycles. The van der Waals surface area contributed by atoms with Gasteiger partial charge in [-0.3, -0.25) is 19.5 Å². The van der Waals surface area contributed by atoms with E-state index in [-0.39, 0.29) is 18.2 Å². The summed E-state index contributed by atoms with van der Waals surface area (Å²) >= 11 is 0. The van der Waals surface area contributed by atoms with E-state index in [9.17, 15) is 9.59 Å². The minimum Gasteiger partial charge on any atom is -0.328 e. The number of hydrogen-bond donors (Lipinski definition) is 4. The molecule has 8 nitrogen and oxygen atoms in total. The molecule has 3 aromatic carbocycles. The molecule has 2 heterocycles. The van der Waals surface area contributed by atoms with Crippen LogP contribution in [0.1, 0.15) is 28.0 Å². The van der Waals surface area contributed by atoms with Crippen LogP contribution in [-0.4, -0.2) is 27.9 Å². The summed E-state index contributed by atoms with van der Waals surface area (Å²) < 4.78 is 1.83. The quantitative estimate of drug-likeness (QED) is 0.305. The predicted molar refractivity (Wildman–Crippen MR) is 140 cm³/mol. The summed E-state index contributed by atoms with van der Waals surface area (Å²) in [6.45, 7) is 0.685. The van der Waals surface area contributed by atoms with E-state index in [1.165, 1.54) is 0 Å². The van der Waals surface area contributed by atoms with Crippen molar-refractivity contribution >= 4 is 29.0 Å². The first kappa shape index (κ1) is 23.1. The molecule has 0 saturated carbocycles. The summed E-state index contributed by atoms with van der Waals surface area (Å²) in [6, 6.07) is 26.5. The molecule has 0 bridgehead atoms. The number of nitrogens with one attached hydrogen (secondary N) is 4. The number of amides is 2. The highest BCUT2D eigenvalue weighted by Gasteiger charge is 2.16. The Morgan fingerprint density at radius 1 is 0.917 bits per heavy atom. The Bertz CT molecular complexity index is 1400. The number of hydrazine groups is 1. The van der Waals surface area contributed by atoms with E-state index < -0.39 is 0 Å². The number of imidazole rings is 1. The molecule has 0 spiro atoms. The number of para-hydroxylation sites is 2. The summed E-state index contributed by atoms with van der Waals surface area (Å²) in [5.41, 5.74) is 10.9. The fourth-order valence-electron chi connectivity index (χ4n) is 3.96. The van der Waals surface area contributed by atoms with Crippen molar-refractivity contribution in [1.82, 2.24) is 20.4 Å². The maximum absolute atomic E-state index is 13.2. The lowest BCUT2D eigenvalue weighted by atomic mass is 10.0. The first-order chi connectivity index (χ1) is 17.7. The van der Waals surface area contributed by atoms with E-state index >= 15 is 0 Å². The molecule has 4 aromatic rings. The van der Waals surface area contributed by atoms with Gasteiger partial charge in [0.05, 0.1) is 5.69 Å². The van der Waals surface area contributed by atoms with Crippen molar-refractivity contribution in [3.63, 3.8) is 0 Å². The normalized spacial score (nSPS) is 12.5. The minimum atomic E-state index is -0.257. The monoisotopic (exact) mass is 478 g/mol. The number of anilines is 2. The molecule has 5 rings (SSSR count). The number of hydrogen-bond acceptors (Lipinski definition) is 5. The Labute approximate surface area is 209 Å². The molecule has 180 valence electrons. The molecule has 1 aliphatic rings. The number of rotatable bonds is 8. The van der Waals surface area contributed by atoms with E-state index in [4.69, 9.17) is 0 Å². The Morgan fingerprint density at radius 2 is 1.69 bits per heavy atom. The van der Waals surface area contributed by atoms with E-state index in [0.717, 1.165) is 22.5 Å². The van der Waals surface area contributed by atoms with E-state index in [0.29, 0.717) is 30.2 Å². The first-order valence-corrected chi connectivity index (χ1v) is 11.7. The van der Waals surface area contributed by atoms with E-state index in [1.54, 1.807) is 6.07 Å². The highest BCUT2D eigenvalue weighted by Crippen LogP contribution is 2.21. The maximum Gasteiger partial charge on any atom is 0.258 e. The zero-order valence-electron chi connectivity index (χ0n) is 19.6. The molecule has 0 radical (unpaired) electrons. The van der Waals surface area contributed by atoms with E-state index in [1.807, 2.05) is 95.8 Å². The van der Waals surface area contributed by atoms with Gasteiger partial charge in [0.1, 0.15) is 0 Å². The SMILES string of the molecule is O=C(CCc1cn(-c2ccccc2)c(NC(=O)c2cccc(C3=CNNC3)c2)n1)Nc1ccccc1. The average Bonchev–Trinajstić information content (AvgIpc) is 3.59. The van der Waals surface area contributed by atoms with Crippen LogP contribution in [-0.2, 0) is 11.2 Å². The van der Waals surface area contributed by atoms with Gasteiger partial charge in [0.15, 0.2) is 0 Å². The number of carbonyl (C=O) groups excluding carboxylic acids is 2. The zero-order chi connectivity index (χ0) is 24.7. The van der Waals surface area contributed by atoms with Crippen LogP contribution >= 0.6 is 0 Å². The third kappa shape index (κ3) is 5.51. The molecular weight excluding hydrogens is 452 g/mol. The highest BCUT2D eigenvalue weighted by molar-refractivity contribution is 6.04. The number of carbonyl (C=O) groups is 2. The maximum atomic E-state index is 13.2. The molecule has 0 aliphatic carbocycles. The molecule has 4 N–H and O–H groups in total. The predicted octanol–water partition coefficient (Wildman–Crippen LogP) is 4.14. The molecule has 8 heteroatoms. The van der Waals surface area contributed by atoms with Gasteiger partial charge in [-0.05, 0) is 47.5 Å². The minimum absolute atomic E-state index is 0.0944. The smallest absolute Gasteiger partial charge is 0.258 e. The lowest BCUT2D eigenvalue weighted by molar-refractivity contribution is -0.116. The second-order valence-corrected chi connectivity index (χ2v) is 8.38. The van der Waals surface area contributed by atoms with Crippen LogP contribution < -0.4 is 21.5 Å². The second-order valence-electron chi connectivity index (χ2n) is 8.38. The van der Waals surface area contributed by atoms with Crippen LogP contribution in [0.15, 0.2) is 97.3 Å². The van der Waals surface area contributed by atoms with Gasteiger partial charge in [-0.25, -0.2) is 10.4 Å². The highest BCUT2D eigenvalue weighted by atomic mass is 16.2. The summed E-state index contributed by atoms with van der Waals surface area (Å²) in [6.07, 6.45) is 4.45. The van der Waals surface area contributed by atoms with Gasteiger partial charge >= 0.3 is 0 Å². The second kappa shape index (κ2) is 10.7. The molecule has 0 fully saturated rings. The van der Waals surface area contributed by atoms with Crippen molar-refractivity contribution in [2.45, 2.75) is 12.8 Å². The molecule has 2 amide bonds. The van der Waals surface area contributed by atoms with Gasteiger partial charge in [0, 0.05) is 48.7 Å². The molecule has 36 heavy (non-hydrogen) atoms. The lowest BCUT2D eigenvalue weighted by Gasteiger charge is -2.10. The molecule has 1 aromatic heterocycles. The number of nitrogens with zero attached hydrogens (tertiary/aromatic N) is 2. The fraction of sp³-hybridized carbons (Fsp3) is 0.107. The Balaban J connectivity index is 1.33. The van der Waals surface area contributed by atoms with Gasteiger partial charge in [0.2, 0.25) is 11.9 Å². The average molecular weight is 479 g/mol. The van der Waals surface area contributed by atoms with Crippen molar-refractivity contribution in [2.75, 3.05) is 17.2 Å². The summed E-state index contributed by atoms with van der Waals surface area (Å²) in [5, 5.41) is 5.84.